The van der Waals surface area contributed by atoms with Crippen molar-refractivity contribution in [3.63, 3.8) is 0 Å². The third-order valence-corrected chi connectivity index (χ3v) is 4.51. The number of benzene rings is 2. The predicted octanol–water partition coefficient (Wildman–Crippen LogP) is 5.02. The van der Waals surface area contributed by atoms with Gasteiger partial charge in [-0.2, -0.15) is 0 Å². The van der Waals surface area contributed by atoms with Gasteiger partial charge in [-0.15, -0.1) is 0 Å². The lowest BCUT2D eigenvalue weighted by molar-refractivity contribution is 0.102. The Morgan fingerprint density at radius 3 is 2.64 bits per heavy atom. The fraction of sp³-hybridized carbons (Fsp3) is 0.278. The van der Waals surface area contributed by atoms with Gasteiger partial charge >= 0.3 is 0 Å². The Labute approximate surface area is 138 Å². The van der Waals surface area contributed by atoms with Gasteiger partial charge < -0.3 is 10.1 Å². The highest BCUT2D eigenvalue weighted by Gasteiger charge is 2.16. The van der Waals surface area contributed by atoms with Gasteiger partial charge in [0.15, 0.2) is 0 Å². The SMILES string of the molecule is O=C(Nc1cccc(OC2CCCC2)c1)c1ccccc1Br. The second kappa shape index (κ2) is 6.97. The summed E-state index contributed by atoms with van der Waals surface area (Å²) < 4.78 is 6.75. The van der Waals surface area contributed by atoms with E-state index in [1.807, 2.05) is 42.5 Å². The number of nitrogens with one attached hydrogen (secondary N) is 1. The van der Waals surface area contributed by atoms with Crippen LogP contribution in [0.1, 0.15) is 36.0 Å². The quantitative estimate of drug-likeness (QED) is 0.831. The number of hydrogen-bond donors (Lipinski definition) is 1. The number of halogens is 1. The van der Waals surface area contributed by atoms with E-state index in [-0.39, 0.29) is 5.91 Å². The molecule has 0 heterocycles. The van der Waals surface area contributed by atoms with Crippen molar-refractivity contribution in [3.05, 3.63) is 58.6 Å². The first-order valence-electron chi connectivity index (χ1n) is 7.55. The molecule has 4 heteroatoms. The molecule has 1 saturated carbocycles. The molecule has 0 bridgehead atoms. The van der Waals surface area contributed by atoms with Crippen LogP contribution in [0.15, 0.2) is 53.0 Å². The molecule has 3 rings (SSSR count). The fourth-order valence-electron chi connectivity index (χ4n) is 2.69. The van der Waals surface area contributed by atoms with Crippen LogP contribution >= 0.6 is 15.9 Å². The molecule has 1 aliphatic carbocycles. The van der Waals surface area contributed by atoms with Crippen LogP contribution in [0.4, 0.5) is 5.69 Å². The summed E-state index contributed by atoms with van der Waals surface area (Å²) in [4.78, 5) is 12.3. The van der Waals surface area contributed by atoms with E-state index < -0.39 is 0 Å². The van der Waals surface area contributed by atoms with Gasteiger partial charge in [-0.1, -0.05) is 18.2 Å². The highest BCUT2D eigenvalue weighted by atomic mass is 79.9. The normalized spacial score (nSPS) is 14.8. The van der Waals surface area contributed by atoms with Crippen LogP contribution in [0.3, 0.4) is 0 Å². The zero-order valence-corrected chi connectivity index (χ0v) is 13.8. The van der Waals surface area contributed by atoms with Crippen molar-refractivity contribution < 1.29 is 9.53 Å². The molecule has 0 aromatic heterocycles. The Morgan fingerprint density at radius 2 is 1.86 bits per heavy atom. The summed E-state index contributed by atoms with van der Waals surface area (Å²) in [5.41, 5.74) is 1.36. The number of ether oxygens (including phenoxy) is 1. The number of anilines is 1. The van der Waals surface area contributed by atoms with E-state index in [4.69, 9.17) is 4.74 Å². The molecule has 0 radical (unpaired) electrons. The fourth-order valence-corrected chi connectivity index (χ4v) is 3.15. The number of rotatable bonds is 4. The highest BCUT2D eigenvalue weighted by Crippen LogP contribution is 2.26. The van der Waals surface area contributed by atoms with Gasteiger partial charge in [0.2, 0.25) is 0 Å². The molecular formula is C18H18BrNO2. The largest absolute Gasteiger partial charge is 0.490 e. The van der Waals surface area contributed by atoms with Crippen LogP contribution < -0.4 is 10.1 Å². The van der Waals surface area contributed by atoms with Gasteiger partial charge in [-0.3, -0.25) is 4.79 Å². The summed E-state index contributed by atoms with van der Waals surface area (Å²) in [5.74, 6) is 0.683. The molecule has 0 spiro atoms. The topological polar surface area (TPSA) is 38.3 Å². The molecule has 1 N–H and O–H groups in total. The molecule has 2 aromatic carbocycles. The first-order valence-corrected chi connectivity index (χ1v) is 8.34. The first-order chi connectivity index (χ1) is 10.7. The van der Waals surface area contributed by atoms with E-state index in [1.54, 1.807) is 6.07 Å². The van der Waals surface area contributed by atoms with Crippen LogP contribution in [-0.4, -0.2) is 12.0 Å². The van der Waals surface area contributed by atoms with Crippen molar-refractivity contribution >= 4 is 27.5 Å². The van der Waals surface area contributed by atoms with Crippen molar-refractivity contribution in [1.29, 1.82) is 0 Å². The van der Waals surface area contributed by atoms with Gasteiger partial charge in [-0.25, -0.2) is 0 Å². The van der Waals surface area contributed by atoms with Gasteiger partial charge in [0.05, 0.1) is 11.7 Å². The third-order valence-electron chi connectivity index (χ3n) is 3.82. The van der Waals surface area contributed by atoms with Crippen molar-refractivity contribution in [2.45, 2.75) is 31.8 Å². The van der Waals surface area contributed by atoms with Crippen LogP contribution in [0, 0.1) is 0 Å². The smallest absolute Gasteiger partial charge is 0.256 e. The second-order valence-electron chi connectivity index (χ2n) is 5.49. The summed E-state index contributed by atoms with van der Waals surface area (Å²) in [6.45, 7) is 0. The summed E-state index contributed by atoms with van der Waals surface area (Å²) in [7, 11) is 0. The van der Waals surface area contributed by atoms with Crippen molar-refractivity contribution in [3.8, 4) is 5.75 Å². The molecule has 0 saturated heterocycles. The number of hydrogen-bond acceptors (Lipinski definition) is 2. The Kier molecular flexibility index (Phi) is 4.78. The lowest BCUT2D eigenvalue weighted by atomic mass is 10.2. The Hall–Kier alpha value is -1.81. The molecule has 2 aromatic rings. The number of amides is 1. The molecule has 1 amide bonds. The zero-order chi connectivity index (χ0) is 15.4. The van der Waals surface area contributed by atoms with E-state index in [0.717, 1.165) is 28.8 Å². The minimum Gasteiger partial charge on any atom is -0.490 e. The molecule has 0 atom stereocenters. The Morgan fingerprint density at radius 1 is 1.09 bits per heavy atom. The maximum absolute atomic E-state index is 12.3. The second-order valence-corrected chi connectivity index (χ2v) is 6.34. The van der Waals surface area contributed by atoms with Gasteiger partial charge in [0, 0.05) is 16.2 Å². The van der Waals surface area contributed by atoms with E-state index in [1.165, 1.54) is 12.8 Å². The Bertz CT molecular complexity index is 666. The summed E-state index contributed by atoms with van der Waals surface area (Å²) in [6.07, 6.45) is 5.03. The average molecular weight is 360 g/mol. The molecule has 3 nitrogen and oxygen atoms in total. The van der Waals surface area contributed by atoms with Gasteiger partial charge in [0.1, 0.15) is 5.75 Å². The molecule has 114 valence electrons. The average Bonchev–Trinajstić information content (AvgIpc) is 3.01. The van der Waals surface area contributed by atoms with E-state index >= 15 is 0 Å². The lowest BCUT2D eigenvalue weighted by Gasteiger charge is -2.14. The van der Waals surface area contributed by atoms with E-state index in [2.05, 4.69) is 21.2 Å². The van der Waals surface area contributed by atoms with Crippen molar-refractivity contribution in [2.24, 2.45) is 0 Å². The van der Waals surface area contributed by atoms with Crippen LogP contribution in [0.25, 0.3) is 0 Å². The minimum atomic E-state index is -0.134. The molecule has 1 aliphatic rings. The number of carbonyl (C=O) groups excluding carboxylic acids is 1. The monoisotopic (exact) mass is 359 g/mol. The molecule has 1 fully saturated rings. The van der Waals surface area contributed by atoms with Gasteiger partial charge in [0.25, 0.3) is 5.91 Å². The van der Waals surface area contributed by atoms with Crippen LogP contribution in [0.2, 0.25) is 0 Å². The summed E-state index contributed by atoms with van der Waals surface area (Å²) in [6, 6.07) is 15.0. The maximum Gasteiger partial charge on any atom is 0.256 e. The molecule has 0 unspecified atom stereocenters. The molecule has 22 heavy (non-hydrogen) atoms. The predicted molar refractivity (Wildman–Crippen MR) is 91.4 cm³/mol. The van der Waals surface area contributed by atoms with Crippen LogP contribution in [-0.2, 0) is 0 Å². The maximum atomic E-state index is 12.3. The van der Waals surface area contributed by atoms with Gasteiger partial charge in [-0.05, 0) is 65.9 Å². The molecule has 0 aliphatic heterocycles. The number of carbonyl (C=O) groups is 1. The zero-order valence-electron chi connectivity index (χ0n) is 12.2. The Balaban J connectivity index is 1.69. The van der Waals surface area contributed by atoms with Crippen LogP contribution in [0.5, 0.6) is 5.75 Å². The molecular weight excluding hydrogens is 342 g/mol. The van der Waals surface area contributed by atoms with Crippen molar-refractivity contribution in [1.82, 2.24) is 0 Å². The standard InChI is InChI=1S/C18H18BrNO2/c19-17-11-4-3-10-16(17)18(21)20-13-6-5-9-15(12-13)22-14-7-1-2-8-14/h3-6,9-12,14H,1-2,7-8H2,(H,20,21). The van der Waals surface area contributed by atoms with Crippen molar-refractivity contribution in [2.75, 3.05) is 5.32 Å². The van der Waals surface area contributed by atoms with E-state index in [9.17, 15) is 4.79 Å². The highest BCUT2D eigenvalue weighted by molar-refractivity contribution is 9.10. The minimum absolute atomic E-state index is 0.134. The van der Waals surface area contributed by atoms with E-state index in [0.29, 0.717) is 11.7 Å². The third kappa shape index (κ3) is 3.69. The first kappa shape index (κ1) is 15.1. The lowest BCUT2D eigenvalue weighted by Crippen LogP contribution is -2.13. The summed E-state index contributed by atoms with van der Waals surface area (Å²) in [5, 5.41) is 2.92. The summed E-state index contributed by atoms with van der Waals surface area (Å²) >= 11 is 3.40.